The number of urea groups is 1. The van der Waals surface area contributed by atoms with Crippen LogP contribution in [-0.2, 0) is 4.74 Å². The lowest BCUT2D eigenvalue weighted by Gasteiger charge is -2.41. The molecule has 2 N–H and O–H groups in total. The number of amides is 2. The summed E-state index contributed by atoms with van der Waals surface area (Å²) < 4.78 is 19.8. The molecule has 1 heterocycles. The average molecular weight is 392 g/mol. The van der Waals surface area contributed by atoms with Gasteiger partial charge in [0.05, 0.1) is 29.5 Å². The van der Waals surface area contributed by atoms with Crippen LogP contribution in [0.5, 0.6) is 0 Å². The summed E-state index contributed by atoms with van der Waals surface area (Å²) in [4.78, 5) is 14.6. The Balaban J connectivity index is 1.67. The number of likely N-dealkylation sites (N-methyl/N-ethyl adjacent to an activating group) is 1. The number of morpholine rings is 1. The summed E-state index contributed by atoms with van der Waals surface area (Å²) in [7, 11) is 0. The van der Waals surface area contributed by atoms with E-state index in [4.69, 9.17) is 16.3 Å². The first-order valence-corrected chi connectivity index (χ1v) is 9.37. The molecule has 1 fully saturated rings. The van der Waals surface area contributed by atoms with Gasteiger partial charge in [-0.25, -0.2) is 9.18 Å². The van der Waals surface area contributed by atoms with Crippen molar-refractivity contribution in [2.45, 2.75) is 19.1 Å². The second-order valence-electron chi connectivity index (χ2n) is 6.33. The van der Waals surface area contributed by atoms with Crippen molar-refractivity contribution in [1.82, 2.24) is 10.2 Å². The van der Waals surface area contributed by atoms with E-state index < -0.39 is 11.8 Å². The summed E-state index contributed by atoms with van der Waals surface area (Å²) in [6.45, 7) is 4.73. The summed E-state index contributed by atoms with van der Waals surface area (Å²) in [5, 5.41) is 5.40. The number of carbonyl (C=O) groups is 1. The van der Waals surface area contributed by atoms with Gasteiger partial charge in [0.2, 0.25) is 0 Å². The maximum absolute atomic E-state index is 13.8. The quantitative estimate of drug-likeness (QED) is 0.808. The summed E-state index contributed by atoms with van der Waals surface area (Å²) >= 11 is 5.95. The molecule has 0 aliphatic carbocycles. The number of anilines is 1. The standard InChI is InChI=1S/C20H23ClFN3O2/c1-2-25-11-12-27-17(19(25)14-7-4-3-5-8-14)13-23-20(26)24-18-15(21)9-6-10-16(18)22/h3-10,17,19H,2,11-13H2,1H3,(H2,23,24,26)/t17-,19-/m0/s1. The van der Waals surface area contributed by atoms with Crippen LogP contribution in [0.2, 0.25) is 5.02 Å². The van der Waals surface area contributed by atoms with Crippen molar-refractivity contribution in [3.8, 4) is 0 Å². The maximum atomic E-state index is 13.8. The normalized spacial score (nSPS) is 20.3. The smallest absolute Gasteiger partial charge is 0.319 e. The number of hydrogen-bond donors (Lipinski definition) is 2. The van der Waals surface area contributed by atoms with Crippen molar-refractivity contribution < 1.29 is 13.9 Å². The highest BCUT2D eigenvalue weighted by molar-refractivity contribution is 6.33. The van der Waals surface area contributed by atoms with Gasteiger partial charge in [-0.2, -0.15) is 0 Å². The summed E-state index contributed by atoms with van der Waals surface area (Å²) in [6.07, 6.45) is -0.206. The molecular weight excluding hydrogens is 369 g/mol. The van der Waals surface area contributed by atoms with Crippen LogP contribution in [0.15, 0.2) is 48.5 Å². The number of ether oxygens (including phenoxy) is 1. The monoisotopic (exact) mass is 391 g/mol. The minimum atomic E-state index is -0.578. The molecule has 27 heavy (non-hydrogen) atoms. The third-order valence-electron chi connectivity index (χ3n) is 4.67. The van der Waals surface area contributed by atoms with E-state index in [1.165, 1.54) is 18.2 Å². The minimum absolute atomic E-state index is 0.0315. The molecule has 2 aromatic carbocycles. The SMILES string of the molecule is CCN1CCO[C@@H](CNC(=O)Nc2c(F)cccc2Cl)[C@@H]1c1ccccc1. The number of hydrogen-bond acceptors (Lipinski definition) is 3. The van der Waals surface area contributed by atoms with E-state index >= 15 is 0 Å². The van der Waals surface area contributed by atoms with E-state index in [0.717, 1.165) is 18.7 Å². The predicted octanol–water partition coefficient (Wildman–Crippen LogP) is 4.06. The van der Waals surface area contributed by atoms with E-state index in [1.54, 1.807) is 0 Å². The molecule has 0 aromatic heterocycles. The Morgan fingerprint density at radius 3 is 2.74 bits per heavy atom. The highest BCUT2D eigenvalue weighted by atomic mass is 35.5. The van der Waals surface area contributed by atoms with E-state index in [-0.39, 0.29) is 22.9 Å². The third kappa shape index (κ3) is 4.77. The molecule has 1 aliphatic rings. The van der Waals surface area contributed by atoms with Crippen molar-refractivity contribution in [2.24, 2.45) is 0 Å². The van der Waals surface area contributed by atoms with Gasteiger partial charge in [-0.15, -0.1) is 0 Å². The molecule has 1 aliphatic heterocycles. The Bertz CT molecular complexity index is 755. The Labute approximate surface area is 163 Å². The number of rotatable bonds is 5. The Kier molecular flexibility index (Phi) is 6.66. The number of nitrogens with one attached hydrogen (secondary N) is 2. The molecule has 0 spiro atoms. The minimum Gasteiger partial charge on any atom is -0.373 e. The van der Waals surface area contributed by atoms with Crippen LogP contribution in [-0.4, -0.2) is 43.3 Å². The number of benzene rings is 2. The molecule has 7 heteroatoms. The zero-order chi connectivity index (χ0) is 19.2. The van der Waals surface area contributed by atoms with E-state index in [1.807, 2.05) is 18.2 Å². The first kappa shape index (κ1) is 19.6. The van der Waals surface area contributed by atoms with E-state index in [0.29, 0.717) is 13.2 Å². The topological polar surface area (TPSA) is 53.6 Å². The second kappa shape index (κ2) is 9.17. The molecule has 1 saturated heterocycles. The van der Waals surface area contributed by atoms with Gasteiger partial charge in [-0.1, -0.05) is 54.9 Å². The summed E-state index contributed by atoms with van der Waals surface area (Å²) in [6, 6.07) is 13.9. The fourth-order valence-electron chi connectivity index (χ4n) is 3.36. The van der Waals surface area contributed by atoms with Crippen LogP contribution in [0.1, 0.15) is 18.5 Å². The molecule has 0 unspecified atom stereocenters. The third-order valence-corrected chi connectivity index (χ3v) is 4.98. The molecule has 2 atom stereocenters. The van der Waals surface area contributed by atoms with Gasteiger partial charge in [-0.05, 0) is 24.2 Å². The lowest BCUT2D eigenvalue weighted by atomic mass is 9.98. The van der Waals surface area contributed by atoms with Crippen molar-refractivity contribution >= 4 is 23.3 Å². The van der Waals surface area contributed by atoms with Gasteiger partial charge in [0.25, 0.3) is 0 Å². The maximum Gasteiger partial charge on any atom is 0.319 e. The Morgan fingerprint density at radius 1 is 1.26 bits per heavy atom. The van der Waals surface area contributed by atoms with Gasteiger partial charge in [0.1, 0.15) is 5.82 Å². The molecule has 144 valence electrons. The predicted molar refractivity (Wildman–Crippen MR) is 105 cm³/mol. The number of halogens is 2. The molecule has 2 aromatic rings. The van der Waals surface area contributed by atoms with E-state index in [2.05, 4.69) is 34.6 Å². The van der Waals surface area contributed by atoms with Crippen LogP contribution in [0, 0.1) is 5.82 Å². The van der Waals surface area contributed by atoms with Crippen LogP contribution < -0.4 is 10.6 Å². The fourth-order valence-corrected chi connectivity index (χ4v) is 3.57. The van der Waals surface area contributed by atoms with Crippen LogP contribution >= 0.6 is 11.6 Å². The van der Waals surface area contributed by atoms with Crippen molar-refractivity contribution in [2.75, 3.05) is 31.6 Å². The highest BCUT2D eigenvalue weighted by Gasteiger charge is 2.32. The van der Waals surface area contributed by atoms with Crippen LogP contribution in [0.3, 0.4) is 0 Å². The van der Waals surface area contributed by atoms with Crippen molar-refractivity contribution in [3.63, 3.8) is 0 Å². The van der Waals surface area contributed by atoms with E-state index in [9.17, 15) is 9.18 Å². The number of carbonyl (C=O) groups excluding carboxylic acids is 1. The largest absolute Gasteiger partial charge is 0.373 e. The van der Waals surface area contributed by atoms with Gasteiger partial charge >= 0.3 is 6.03 Å². The number of para-hydroxylation sites is 1. The van der Waals surface area contributed by atoms with Crippen LogP contribution in [0.4, 0.5) is 14.9 Å². The molecule has 2 amide bonds. The molecule has 3 rings (SSSR count). The van der Waals surface area contributed by atoms with Gasteiger partial charge in [0, 0.05) is 13.1 Å². The second-order valence-corrected chi connectivity index (χ2v) is 6.73. The van der Waals surface area contributed by atoms with Gasteiger partial charge < -0.3 is 15.4 Å². The summed E-state index contributed by atoms with van der Waals surface area (Å²) in [5.41, 5.74) is 1.11. The van der Waals surface area contributed by atoms with Gasteiger partial charge in [0.15, 0.2) is 0 Å². The zero-order valence-corrected chi connectivity index (χ0v) is 15.9. The lowest BCUT2D eigenvalue weighted by molar-refractivity contribution is -0.0680. The molecule has 0 radical (unpaired) electrons. The van der Waals surface area contributed by atoms with Gasteiger partial charge in [-0.3, -0.25) is 4.90 Å². The fraction of sp³-hybridized carbons (Fsp3) is 0.350. The van der Waals surface area contributed by atoms with Crippen LogP contribution in [0.25, 0.3) is 0 Å². The molecule has 5 nitrogen and oxygen atoms in total. The average Bonchev–Trinajstić information content (AvgIpc) is 2.69. The first-order valence-electron chi connectivity index (χ1n) is 8.99. The molecule has 0 saturated carbocycles. The molecular formula is C20H23ClFN3O2. The first-order chi connectivity index (χ1) is 13.1. The lowest BCUT2D eigenvalue weighted by Crippen LogP contribution is -2.50. The molecule has 0 bridgehead atoms. The van der Waals surface area contributed by atoms with Crippen molar-refractivity contribution in [1.29, 1.82) is 0 Å². The van der Waals surface area contributed by atoms with Crippen molar-refractivity contribution in [3.05, 3.63) is 64.9 Å². The highest BCUT2D eigenvalue weighted by Crippen LogP contribution is 2.29. The summed E-state index contributed by atoms with van der Waals surface area (Å²) in [5.74, 6) is -0.578. The Morgan fingerprint density at radius 2 is 2.04 bits per heavy atom. The zero-order valence-electron chi connectivity index (χ0n) is 15.1. The number of nitrogens with zero attached hydrogens (tertiary/aromatic N) is 1. The Hall–Kier alpha value is -2.15.